The molecule has 0 unspecified atom stereocenters. The fourth-order valence-corrected chi connectivity index (χ4v) is 3.05. The van der Waals surface area contributed by atoms with E-state index in [0.717, 1.165) is 12.1 Å². The molecule has 0 bridgehead atoms. The number of carbonyl (C=O) groups excluding carboxylic acids is 2. The molecule has 2 aromatic rings. The Morgan fingerprint density at radius 1 is 1.24 bits per heavy atom. The molecule has 0 aliphatic carbocycles. The first-order valence-corrected chi connectivity index (χ1v) is 8.44. The summed E-state index contributed by atoms with van der Waals surface area (Å²) >= 11 is 0. The highest BCUT2D eigenvalue weighted by atomic mass is 19.1. The number of carbonyl (C=O) groups is 2. The first-order valence-electron chi connectivity index (χ1n) is 8.44. The molecule has 3 rings (SSSR count). The molecule has 1 aliphatic rings. The number of benzene rings is 2. The Bertz CT molecular complexity index is 802. The zero-order valence-electron chi connectivity index (χ0n) is 14.4. The summed E-state index contributed by atoms with van der Waals surface area (Å²) < 4.78 is 13.2. The SMILES string of the molecule is CCc1ccc(N2C[C@H](C(=O)Nc3ccc(F)cc3C)CC2=O)cc1. The van der Waals surface area contributed by atoms with E-state index in [2.05, 4.69) is 12.2 Å². The lowest BCUT2D eigenvalue weighted by atomic mass is 10.1. The van der Waals surface area contributed by atoms with Gasteiger partial charge in [-0.15, -0.1) is 0 Å². The second kappa shape index (κ2) is 7.05. The van der Waals surface area contributed by atoms with Gasteiger partial charge in [-0.05, 0) is 54.8 Å². The van der Waals surface area contributed by atoms with Crippen molar-refractivity contribution in [3.05, 3.63) is 59.4 Å². The van der Waals surface area contributed by atoms with Crippen molar-refractivity contribution in [1.82, 2.24) is 0 Å². The summed E-state index contributed by atoms with van der Waals surface area (Å²) in [5.74, 6) is -1.02. The minimum absolute atomic E-state index is 0.0553. The number of hydrogen-bond acceptors (Lipinski definition) is 2. The molecule has 2 amide bonds. The Hall–Kier alpha value is -2.69. The molecule has 1 N–H and O–H groups in total. The third kappa shape index (κ3) is 3.71. The fourth-order valence-electron chi connectivity index (χ4n) is 3.05. The van der Waals surface area contributed by atoms with Crippen molar-refractivity contribution in [2.75, 3.05) is 16.8 Å². The Morgan fingerprint density at radius 3 is 2.60 bits per heavy atom. The molecule has 2 aromatic carbocycles. The number of nitrogens with zero attached hydrogens (tertiary/aromatic N) is 1. The molecule has 1 atom stereocenters. The zero-order valence-corrected chi connectivity index (χ0v) is 14.4. The third-order valence-electron chi connectivity index (χ3n) is 4.60. The first kappa shape index (κ1) is 17.1. The van der Waals surface area contributed by atoms with Gasteiger partial charge in [-0.1, -0.05) is 19.1 Å². The molecule has 1 aliphatic heterocycles. The standard InChI is InChI=1S/C20H21FN2O2/c1-3-14-4-7-17(8-5-14)23-12-15(11-19(23)24)20(25)22-18-9-6-16(21)10-13(18)2/h4-10,15H,3,11-12H2,1-2H3,(H,22,25)/t15-/m1/s1. The number of nitrogens with one attached hydrogen (secondary N) is 1. The van der Waals surface area contributed by atoms with Gasteiger partial charge in [0, 0.05) is 24.3 Å². The van der Waals surface area contributed by atoms with E-state index in [1.54, 1.807) is 17.9 Å². The van der Waals surface area contributed by atoms with Gasteiger partial charge in [-0.3, -0.25) is 9.59 Å². The van der Waals surface area contributed by atoms with Gasteiger partial charge in [-0.2, -0.15) is 0 Å². The molecular weight excluding hydrogens is 319 g/mol. The van der Waals surface area contributed by atoms with E-state index in [9.17, 15) is 14.0 Å². The van der Waals surface area contributed by atoms with E-state index in [1.807, 2.05) is 24.3 Å². The molecule has 0 radical (unpaired) electrons. The van der Waals surface area contributed by atoms with Crippen molar-refractivity contribution in [3.63, 3.8) is 0 Å². The number of anilines is 2. The van der Waals surface area contributed by atoms with Gasteiger partial charge in [0.25, 0.3) is 0 Å². The molecule has 130 valence electrons. The Labute approximate surface area is 146 Å². The lowest BCUT2D eigenvalue weighted by Gasteiger charge is -2.17. The molecule has 5 heteroatoms. The van der Waals surface area contributed by atoms with Crippen LogP contribution in [0.2, 0.25) is 0 Å². The van der Waals surface area contributed by atoms with E-state index in [1.165, 1.54) is 17.7 Å². The van der Waals surface area contributed by atoms with Crippen molar-refractivity contribution in [3.8, 4) is 0 Å². The smallest absolute Gasteiger partial charge is 0.229 e. The molecule has 25 heavy (non-hydrogen) atoms. The highest BCUT2D eigenvalue weighted by Gasteiger charge is 2.35. The molecule has 1 heterocycles. The molecular formula is C20H21FN2O2. The second-order valence-corrected chi connectivity index (χ2v) is 6.37. The van der Waals surface area contributed by atoms with Gasteiger partial charge >= 0.3 is 0 Å². The van der Waals surface area contributed by atoms with Gasteiger partial charge in [0.2, 0.25) is 11.8 Å². The number of halogens is 1. The number of rotatable bonds is 4. The quantitative estimate of drug-likeness (QED) is 0.923. The predicted molar refractivity (Wildman–Crippen MR) is 96.0 cm³/mol. The fraction of sp³-hybridized carbons (Fsp3) is 0.300. The van der Waals surface area contributed by atoms with Crippen LogP contribution in [-0.2, 0) is 16.0 Å². The molecule has 1 fully saturated rings. The summed E-state index contributed by atoms with van der Waals surface area (Å²) in [6, 6.07) is 12.1. The Balaban J connectivity index is 1.69. The summed E-state index contributed by atoms with van der Waals surface area (Å²) in [5, 5.41) is 2.81. The van der Waals surface area contributed by atoms with Crippen LogP contribution in [-0.4, -0.2) is 18.4 Å². The van der Waals surface area contributed by atoms with Crippen LogP contribution in [0, 0.1) is 18.7 Å². The summed E-state index contributed by atoms with van der Waals surface area (Å²) in [6.45, 7) is 4.17. The normalized spacial score (nSPS) is 17.0. The van der Waals surface area contributed by atoms with Crippen LogP contribution >= 0.6 is 0 Å². The minimum Gasteiger partial charge on any atom is -0.326 e. The predicted octanol–water partition coefficient (Wildman–Crippen LogP) is 3.69. The highest BCUT2D eigenvalue weighted by molar-refractivity contribution is 6.03. The first-order chi connectivity index (χ1) is 12.0. The summed E-state index contributed by atoms with van der Waals surface area (Å²) in [6.07, 6.45) is 1.12. The minimum atomic E-state index is -0.414. The van der Waals surface area contributed by atoms with E-state index in [-0.39, 0.29) is 24.1 Å². The van der Waals surface area contributed by atoms with Crippen LogP contribution < -0.4 is 10.2 Å². The maximum Gasteiger partial charge on any atom is 0.229 e. The highest BCUT2D eigenvalue weighted by Crippen LogP contribution is 2.27. The molecule has 0 aromatic heterocycles. The van der Waals surface area contributed by atoms with E-state index in [0.29, 0.717) is 17.8 Å². The van der Waals surface area contributed by atoms with Crippen LogP contribution in [0.5, 0.6) is 0 Å². The molecule has 1 saturated heterocycles. The van der Waals surface area contributed by atoms with Crippen LogP contribution in [0.25, 0.3) is 0 Å². The largest absolute Gasteiger partial charge is 0.326 e. The average Bonchev–Trinajstić information content (AvgIpc) is 2.99. The van der Waals surface area contributed by atoms with Gasteiger partial charge in [0.15, 0.2) is 0 Å². The van der Waals surface area contributed by atoms with Crippen molar-refractivity contribution >= 4 is 23.2 Å². The number of hydrogen-bond donors (Lipinski definition) is 1. The van der Waals surface area contributed by atoms with Gasteiger partial charge in [0.05, 0.1) is 5.92 Å². The van der Waals surface area contributed by atoms with Gasteiger partial charge < -0.3 is 10.2 Å². The topological polar surface area (TPSA) is 49.4 Å². The van der Waals surface area contributed by atoms with Crippen LogP contribution in [0.4, 0.5) is 15.8 Å². The third-order valence-corrected chi connectivity index (χ3v) is 4.60. The van der Waals surface area contributed by atoms with Crippen molar-refractivity contribution in [2.24, 2.45) is 5.92 Å². The van der Waals surface area contributed by atoms with Crippen molar-refractivity contribution in [1.29, 1.82) is 0 Å². The second-order valence-electron chi connectivity index (χ2n) is 6.37. The maximum atomic E-state index is 13.2. The monoisotopic (exact) mass is 340 g/mol. The van der Waals surface area contributed by atoms with Gasteiger partial charge in [0.1, 0.15) is 5.82 Å². The molecule has 0 saturated carbocycles. The summed E-state index contributed by atoms with van der Waals surface area (Å²) in [4.78, 5) is 26.4. The van der Waals surface area contributed by atoms with E-state index in [4.69, 9.17) is 0 Å². The molecule has 4 nitrogen and oxygen atoms in total. The van der Waals surface area contributed by atoms with Crippen LogP contribution in [0.1, 0.15) is 24.5 Å². The van der Waals surface area contributed by atoms with Gasteiger partial charge in [-0.25, -0.2) is 4.39 Å². The number of aryl methyl sites for hydroxylation is 2. The van der Waals surface area contributed by atoms with E-state index < -0.39 is 5.92 Å². The Kier molecular flexibility index (Phi) is 4.83. The van der Waals surface area contributed by atoms with Crippen molar-refractivity contribution in [2.45, 2.75) is 26.7 Å². The lowest BCUT2D eigenvalue weighted by molar-refractivity contribution is -0.122. The van der Waals surface area contributed by atoms with Crippen molar-refractivity contribution < 1.29 is 14.0 Å². The van der Waals surface area contributed by atoms with E-state index >= 15 is 0 Å². The summed E-state index contributed by atoms with van der Waals surface area (Å²) in [5.41, 5.74) is 3.25. The molecule has 0 spiro atoms. The Morgan fingerprint density at radius 2 is 1.96 bits per heavy atom. The average molecular weight is 340 g/mol. The van der Waals surface area contributed by atoms with Crippen LogP contribution in [0.3, 0.4) is 0 Å². The zero-order chi connectivity index (χ0) is 18.0. The van der Waals surface area contributed by atoms with Crippen LogP contribution in [0.15, 0.2) is 42.5 Å². The summed E-state index contributed by atoms with van der Waals surface area (Å²) in [7, 11) is 0. The maximum absolute atomic E-state index is 13.2. The lowest BCUT2D eigenvalue weighted by Crippen LogP contribution is -2.28. The number of amides is 2.